The molecule has 0 aliphatic rings. The molecular formula is C11H17BrN2. The Morgan fingerprint density at radius 1 is 1.36 bits per heavy atom. The van der Waals surface area contributed by atoms with Gasteiger partial charge in [0.2, 0.25) is 0 Å². The standard InChI is InChI=1S/C11H17BrN2/c1-7(2)11(14-13)9-6-8(3)4-5-10(9)12/h4-7,11,14H,13H2,1-3H3. The second-order valence-corrected chi connectivity index (χ2v) is 4.77. The molecular weight excluding hydrogens is 240 g/mol. The van der Waals surface area contributed by atoms with Crippen LogP contribution in [0, 0.1) is 12.8 Å². The Labute approximate surface area is 94.0 Å². The topological polar surface area (TPSA) is 38.0 Å². The molecule has 0 heterocycles. The van der Waals surface area contributed by atoms with Crippen molar-refractivity contribution in [1.82, 2.24) is 5.43 Å². The number of rotatable bonds is 3. The first-order chi connectivity index (χ1) is 6.56. The average Bonchev–Trinajstić information content (AvgIpc) is 2.11. The summed E-state index contributed by atoms with van der Waals surface area (Å²) >= 11 is 3.54. The third-order valence-electron chi connectivity index (χ3n) is 2.33. The van der Waals surface area contributed by atoms with Crippen LogP contribution in [0.15, 0.2) is 22.7 Å². The van der Waals surface area contributed by atoms with E-state index >= 15 is 0 Å². The molecule has 0 bridgehead atoms. The lowest BCUT2D eigenvalue weighted by Crippen LogP contribution is -2.31. The molecule has 1 aromatic rings. The van der Waals surface area contributed by atoms with Gasteiger partial charge in [-0.15, -0.1) is 0 Å². The van der Waals surface area contributed by atoms with Crippen LogP contribution in [0.2, 0.25) is 0 Å². The van der Waals surface area contributed by atoms with E-state index < -0.39 is 0 Å². The molecule has 0 aliphatic heterocycles. The zero-order chi connectivity index (χ0) is 10.7. The molecule has 0 saturated carbocycles. The van der Waals surface area contributed by atoms with Gasteiger partial charge in [0.15, 0.2) is 0 Å². The van der Waals surface area contributed by atoms with Crippen molar-refractivity contribution >= 4 is 15.9 Å². The lowest BCUT2D eigenvalue weighted by Gasteiger charge is -2.21. The van der Waals surface area contributed by atoms with Gasteiger partial charge in [-0.1, -0.05) is 47.5 Å². The molecule has 3 heteroatoms. The van der Waals surface area contributed by atoms with Crippen LogP contribution in [0.5, 0.6) is 0 Å². The van der Waals surface area contributed by atoms with E-state index in [-0.39, 0.29) is 6.04 Å². The SMILES string of the molecule is Cc1ccc(Br)c(C(NN)C(C)C)c1. The fraction of sp³-hybridized carbons (Fsp3) is 0.455. The van der Waals surface area contributed by atoms with E-state index in [0.29, 0.717) is 5.92 Å². The number of aryl methyl sites for hydroxylation is 1. The molecule has 0 amide bonds. The quantitative estimate of drug-likeness (QED) is 0.645. The minimum absolute atomic E-state index is 0.198. The Balaban J connectivity index is 3.08. The number of halogens is 1. The summed E-state index contributed by atoms with van der Waals surface area (Å²) in [5.41, 5.74) is 5.33. The van der Waals surface area contributed by atoms with Crippen molar-refractivity contribution in [2.75, 3.05) is 0 Å². The van der Waals surface area contributed by atoms with Crippen molar-refractivity contribution in [3.05, 3.63) is 33.8 Å². The third kappa shape index (κ3) is 2.56. The largest absolute Gasteiger partial charge is 0.271 e. The van der Waals surface area contributed by atoms with Crippen molar-refractivity contribution in [1.29, 1.82) is 0 Å². The number of hydrogen-bond acceptors (Lipinski definition) is 2. The molecule has 0 radical (unpaired) electrons. The van der Waals surface area contributed by atoms with E-state index in [1.54, 1.807) is 0 Å². The maximum absolute atomic E-state index is 5.55. The van der Waals surface area contributed by atoms with Crippen molar-refractivity contribution in [3.8, 4) is 0 Å². The zero-order valence-electron chi connectivity index (χ0n) is 8.84. The van der Waals surface area contributed by atoms with Gasteiger partial charge in [-0.3, -0.25) is 11.3 Å². The highest BCUT2D eigenvalue weighted by atomic mass is 79.9. The fourth-order valence-electron chi connectivity index (χ4n) is 1.54. The predicted molar refractivity (Wildman–Crippen MR) is 63.8 cm³/mol. The van der Waals surface area contributed by atoms with Gasteiger partial charge in [0.05, 0.1) is 0 Å². The Bertz CT molecular complexity index is 310. The highest BCUT2D eigenvalue weighted by molar-refractivity contribution is 9.10. The van der Waals surface area contributed by atoms with Crippen LogP contribution in [0.1, 0.15) is 31.0 Å². The van der Waals surface area contributed by atoms with E-state index in [4.69, 9.17) is 5.84 Å². The maximum atomic E-state index is 5.55. The first-order valence-electron chi connectivity index (χ1n) is 4.78. The van der Waals surface area contributed by atoms with E-state index in [9.17, 15) is 0 Å². The summed E-state index contributed by atoms with van der Waals surface area (Å²) in [5, 5.41) is 0. The van der Waals surface area contributed by atoms with E-state index in [1.165, 1.54) is 11.1 Å². The van der Waals surface area contributed by atoms with E-state index in [0.717, 1.165) is 4.47 Å². The third-order valence-corrected chi connectivity index (χ3v) is 3.05. The number of nitrogens with one attached hydrogen (secondary N) is 1. The molecule has 78 valence electrons. The van der Waals surface area contributed by atoms with E-state index in [2.05, 4.69) is 60.3 Å². The summed E-state index contributed by atoms with van der Waals surface area (Å²) in [4.78, 5) is 0. The van der Waals surface area contributed by atoms with Gasteiger partial charge in [-0.05, 0) is 24.5 Å². The summed E-state index contributed by atoms with van der Waals surface area (Å²) in [6.07, 6.45) is 0. The van der Waals surface area contributed by atoms with Gasteiger partial charge in [0.25, 0.3) is 0 Å². The fourth-order valence-corrected chi connectivity index (χ4v) is 2.04. The molecule has 1 rings (SSSR count). The first kappa shape index (κ1) is 11.7. The lowest BCUT2D eigenvalue weighted by molar-refractivity contribution is 0.419. The van der Waals surface area contributed by atoms with Crippen LogP contribution in [0.4, 0.5) is 0 Å². The van der Waals surface area contributed by atoms with Gasteiger partial charge in [0, 0.05) is 10.5 Å². The number of benzene rings is 1. The highest BCUT2D eigenvalue weighted by Crippen LogP contribution is 2.28. The molecule has 0 saturated heterocycles. The second kappa shape index (κ2) is 4.91. The van der Waals surface area contributed by atoms with Crippen LogP contribution in [-0.4, -0.2) is 0 Å². The summed E-state index contributed by atoms with van der Waals surface area (Å²) in [6.45, 7) is 6.39. The molecule has 2 nitrogen and oxygen atoms in total. The minimum Gasteiger partial charge on any atom is -0.271 e. The van der Waals surface area contributed by atoms with Gasteiger partial charge < -0.3 is 0 Å². The summed E-state index contributed by atoms with van der Waals surface area (Å²) in [7, 11) is 0. The molecule has 1 atom stereocenters. The molecule has 14 heavy (non-hydrogen) atoms. The van der Waals surface area contributed by atoms with Crippen LogP contribution in [0.25, 0.3) is 0 Å². The average molecular weight is 257 g/mol. The monoisotopic (exact) mass is 256 g/mol. The Hall–Kier alpha value is -0.380. The van der Waals surface area contributed by atoms with Crippen molar-refractivity contribution in [2.45, 2.75) is 26.8 Å². The summed E-state index contributed by atoms with van der Waals surface area (Å²) in [5.74, 6) is 6.02. The van der Waals surface area contributed by atoms with Crippen LogP contribution in [0.3, 0.4) is 0 Å². The van der Waals surface area contributed by atoms with Crippen LogP contribution < -0.4 is 11.3 Å². The van der Waals surface area contributed by atoms with Gasteiger partial charge in [0.1, 0.15) is 0 Å². The lowest BCUT2D eigenvalue weighted by atomic mass is 9.95. The van der Waals surface area contributed by atoms with E-state index in [1.807, 2.05) is 0 Å². The molecule has 1 aromatic carbocycles. The highest BCUT2D eigenvalue weighted by Gasteiger charge is 2.16. The predicted octanol–water partition coefficient (Wildman–Crippen LogP) is 2.92. The Morgan fingerprint density at radius 3 is 2.50 bits per heavy atom. The summed E-state index contributed by atoms with van der Waals surface area (Å²) < 4.78 is 1.11. The second-order valence-electron chi connectivity index (χ2n) is 3.91. The number of hydrazine groups is 1. The first-order valence-corrected chi connectivity index (χ1v) is 5.57. The van der Waals surface area contributed by atoms with Crippen molar-refractivity contribution < 1.29 is 0 Å². The smallest absolute Gasteiger partial charge is 0.0494 e. The normalized spacial score (nSPS) is 13.3. The minimum atomic E-state index is 0.198. The molecule has 0 spiro atoms. The van der Waals surface area contributed by atoms with Crippen LogP contribution in [-0.2, 0) is 0 Å². The van der Waals surface area contributed by atoms with Gasteiger partial charge in [-0.2, -0.15) is 0 Å². The van der Waals surface area contributed by atoms with Crippen molar-refractivity contribution in [3.63, 3.8) is 0 Å². The van der Waals surface area contributed by atoms with Crippen LogP contribution >= 0.6 is 15.9 Å². The van der Waals surface area contributed by atoms with Gasteiger partial charge >= 0.3 is 0 Å². The maximum Gasteiger partial charge on any atom is 0.0494 e. The molecule has 3 N–H and O–H groups in total. The molecule has 0 fully saturated rings. The number of nitrogens with two attached hydrogens (primary N) is 1. The molecule has 1 unspecified atom stereocenters. The van der Waals surface area contributed by atoms with Gasteiger partial charge in [-0.25, -0.2) is 0 Å². The van der Waals surface area contributed by atoms with Crippen molar-refractivity contribution in [2.24, 2.45) is 11.8 Å². The molecule has 0 aliphatic carbocycles. The summed E-state index contributed by atoms with van der Waals surface area (Å²) in [6, 6.07) is 6.51. The Kier molecular flexibility index (Phi) is 4.11. The molecule has 0 aromatic heterocycles. The zero-order valence-corrected chi connectivity index (χ0v) is 10.4. The Morgan fingerprint density at radius 2 is 2.00 bits per heavy atom. The number of hydrogen-bond donors (Lipinski definition) is 2.